The summed E-state index contributed by atoms with van der Waals surface area (Å²) in [4.78, 5) is 45.2. The van der Waals surface area contributed by atoms with Gasteiger partial charge in [-0.25, -0.2) is 0 Å². The molecule has 1 aliphatic rings. The van der Waals surface area contributed by atoms with Crippen LogP contribution in [-0.4, -0.2) is 95.3 Å². The molecule has 0 saturated heterocycles. The number of aliphatic hydroxyl groups excluding tert-OH is 2. The van der Waals surface area contributed by atoms with Crippen LogP contribution in [-0.2, 0) is 20.8 Å². The van der Waals surface area contributed by atoms with E-state index in [-0.39, 0.29) is 18.7 Å². The number of hydrogen-bond donors (Lipinski definition) is 4. The number of rotatable bonds is 21. The van der Waals surface area contributed by atoms with E-state index in [1.807, 2.05) is 30.3 Å². The van der Waals surface area contributed by atoms with Gasteiger partial charge in [-0.15, -0.1) is 12.3 Å². The average Bonchev–Trinajstić information content (AvgIpc) is 3.11. The second-order valence-electron chi connectivity index (χ2n) is 13.2. The highest BCUT2D eigenvalue weighted by Crippen LogP contribution is 2.29. The number of carbonyl (C=O) groups excluding carboxylic acids is 3. The SMILES string of the molecule is C#CCCC[C@H](O)[C@H](O)[C@H](CC1CCCCC1)NC(=O)[C@H](CC#CC=C)NC(=O)[C@@H](CC(=O)N(C)CCN(CC)CC)Cc1ccccc1. The Hall–Kier alpha value is -3.63. The van der Waals surface area contributed by atoms with E-state index in [0.717, 1.165) is 50.9 Å². The second kappa shape index (κ2) is 23.7. The van der Waals surface area contributed by atoms with Crippen molar-refractivity contribution in [3.63, 3.8) is 0 Å². The zero-order valence-electron chi connectivity index (χ0n) is 30.0. The van der Waals surface area contributed by atoms with Crippen LogP contribution >= 0.6 is 0 Å². The van der Waals surface area contributed by atoms with Gasteiger partial charge in [-0.2, -0.15) is 0 Å². The summed E-state index contributed by atoms with van der Waals surface area (Å²) in [5.41, 5.74) is 0.906. The van der Waals surface area contributed by atoms with Crippen LogP contribution in [0.5, 0.6) is 0 Å². The number of carbonyl (C=O) groups is 3. The summed E-state index contributed by atoms with van der Waals surface area (Å²) in [5.74, 6) is 6.72. The van der Waals surface area contributed by atoms with Crippen molar-refractivity contribution in [2.24, 2.45) is 11.8 Å². The minimum Gasteiger partial charge on any atom is -0.390 e. The molecule has 0 heterocycles. The Balaban J connectivity index is 2.28. The highest BCUT2D eigenvalue weighted by molar-refractivity contribution is 5.91. The third kappa shape index (κ3) is 15.6. The number of allylic oxidation sites excluding steroid dienone is 1. The number of unbranched alkanes of at least 4 members (excludes halogenated alkanes) is 1. The van der Waals surface area contributed by atoms with Gasteiger partial charge < -0.3 is 30.6 Å². The summed E-state index contributed by atoms with van der Waals surface area (Å²) in [5, 5.41) is 28.0. The first kappa shape index (κ1) is 41.5. The van der Waals surface area contributed by atoms with Gasteiger partial charge in [0.05, 0.1) is 24.2 Å². The number of aliphatic hydroxyl groups is 2. The number of likely N-dealkylation sites (N-methyl/N-ethyl adjacent to an activating group) is 2. The molecular weight excluding hydrogens is 616 g/mol. The van der Waals surface area contributed by atoms with Crippen LogP contribution in [0.25, 0.3) is 0 Å². The van der Waals surface area contributed by atoms with Crippen LogP contribution in [0.15, 0.2) is 43.0 Å². The molecule has 3 amide bonds. The first-order valence-electron chi connectivity index (χ1n) is 18.1. The molecule has 1 aromatic rings. The smallest absolute Gasteiger partial charge is 0.243 e. The highest BCUT2D eigenvalue weighted by atomic mass is 16.3. The Kier molecular flexibility index (Phi) is 20.1. The Labute approximate surface area is 295 Å². The molecule has 270 valence electrons. The van der Waals surface area contributed by atoms with Crippen molar-refractivity contribution < 1.29 is 24.6 Å². The lowest BCUT2D eigenvalue weighted by atomic mass is 9.82. The summed E-state index contributed by atoms with van der Waals surface area (Å²) in [6.07, 6.45) is 12.1. The molecule has 4 N–H and O–H groups in total. The van der Waals surface area contributed by atoms with Gasteiger partial charge in [0.2, 0.25) is 17.7 Å². The summed E-state index contributed by atoms with van der Waals surface area (Å²) in [6.45, 7) is 10.9. The lowest BCUT2D eigenvalue weighted by molar-refractivity contribution is -0.137. The molecule has 0 unspecified atom stereocenters. The van der Waals surface area contributed by atoms with E-state index < -0.39 is 42.0 Å². The van der Waals surface area contributed by atoms with Crippen molar-refractivity contribution >= 4 is 17.7 Å². The quantitative estimate of drug-likeness (QED) is 0.115. The maximum Gasteiger partial charge on any atom is 0.243 e. The summed E-state index contributed by atoms with van der Waals surface area (Å²) < 4.78 is 0. The van der Waals surface area contributed by atoms with Gasteiger partial charge in [0.25, 0.3) is 0 Å². The third-order valence-corrected chi connectivity index (χ3v) is 9.60. The molecule has 0 aliphatic heterocycles. The maximum absolute atomic E-state index is 14.0. The standard InChI is InChI=1S/C40H60N4O5/c1-6-10-14-24-34(40(49)42-35(29-32-22-18-13-19-23-32)38(47)36(45)25-15-11-7-2)41-39(48)33(28-31-20-16-12-17-21-31)30-37(46)43(5)26-27-44(8-3)9-4/h2,6,12,16-17,20-21,32-36,38,45,47H,1,8-9,11,13,15,18-19,22-30H2,3-5H3,(H,41,48)(H,42,49)/t33-,34+,35+,36+,38-/m1/s1. The first-order valence-corrected chi connectivity index (χ1v) is 18.1. The summed E-state index contributed by atoms with van der Waals surface area (Å²) in [6, 6.07) is 7.75. The predicted octanol–water partition coefficient (Wildman–Crippen LogP) is 4.08. The molecule has 0 spiro atoms. The molecule has 1 aromatic carbocycles. The Morgan fingerprint density at radius 2 is 1.73 bits per heavy atom. The molecule has 5 atom stereocenters. The van der Waals surface area contributed by atoms with Gasteiger partial charge in [0.1, 0.15) is 6.04 Å². The number of amides is 3. The monoisotopic (exact) mass is 676 g/mol. The lowest BCUT2D eigenvalue weighted by Crippen LogP contribution is -2.56. The molecule has 1 aliphatic carbocycles. The fraction of sp³-hybridized carbons (Fsp3) is 0.625. The number of terminal acetylenes is 1. The van der Waals surface area contributed by atoms with Crippen LogP contribution in [0.1, 0.15) is 90.0 Å². The largest absolute Gasteiger partial charge is 0.390 e. The predicted molar refractivity (Wildman–Crippen MR) is 196 cm³/mol. The van der Waals surface area contributed by atoms with Crippen LogP contribution in [0.4, 0.5) is 0 Å². The van der Waals surface area contributed by atoms with Crippen molar-refractivity contribution in [1.82, 2.24) is 20.4 Å². The van der Waals surface area contributed by atoms with Crippen molar-refractivity contribution in [3.05, 3.63) is 48.6 Å². The van der Waals surface area contributed by atoms with Crippen LogP contribution in [0.2, 0.25) is 0 Å². The van der Waals surface area contributed by atoms with Gasteiger partial charge >= 0.3 is 0 Å². The second-order valence-corrected chi connectivity index (χ2v) is 13.2. The summed E-state index contributed by atoms with van der Waals surface area (Å²) >= 11 is 0. The molecule has 0 bridgehead atoms. The number of hydrogen-bond acceptors (Lipinski definition) is 6. The molecule has 1 fully saturated rings. The Bertz CT molecular complexity index is 1240. The molecular formula is C40H60N4O5. The van der Waals surface area contributed by atoms with Crippen molar-refractivity contribution in [2.45, 2.75) is 115 Å². The molecule has 1 saturated carbocycles. The fourth-order valence-corrected chi connectivity index (χ4v) is 6.41. The third-order valence-electron chi connectivity index (χ3n) is 9.60. The summed E-state index contributed by atoms with van der Waals surface area (Å²) in [7, 11) is 1.75. The van der Waals surface area contributed by atoms with Gasteiger partial charge in [0, 0.05) is 39.4 Å². The topological polar surface area (TPSA) is 122 Å². The van der Waals surface area contributed by atoms with Gasteiger partial charge in [-0.1, -0.05) is 94.7 Å². The van der Waals surface area contributed by atoms with E-state index in [4.69, 9.17) is 6.42 Å². The highest BCUT2D eigenvalue weighted by Gasteiger charge is 2.34. The Morgan fingerprint density at radius 1 is 1.04 bits per heavy atom. The lowest BCUT2D eigenvalue weighted by Gasteiger charge is -2.33. The van der Waals surface area contributed by atoms with Gasteiger partial charge in [0.15, 0.2) is 0 Å². The molecule has 0 aromatic heterocycles. The van der Waals surface area contributed by atoms with E-state index in [2.05, 4.69) is 53.7 Å². The zero-order valence-corrected chi connectivity index (χ0v) is 30.0. The van der Waals surface area contributed by atoms with E-state index in [1.165, 1.54) is 12.5 Å². The molecule has 49 heavy (non-hydrogen) atoms. The van der Waals surface area contributed by atoms with E-state index >= 15 is 0 Å². The Morgan fingerprint density at radius 3 is 2.37 bits per heavy atom. The zero-order chi connectivity index (χ0) is 36.0. The van der Waals surface area contributed by atoms with Gasteiger partial charge in [-0.3, -0.25) is 14.4 Å². The minimum absolute atomic E-state index is 0.0103. The van der Waals surface area contributed by atoms with E-state index in [9.17, 15) is 24.6 Å². The molecule has 9 heteroatoms. The normalized spacial score (nSPS) is 16.2. The maximum atomic E-state index is 14.0. The fourth-order valence-electron chi connectivity index (χ4n) is 6.41. The first-order chi connectivity index (χ1) is 23.6. The average molecular weight is 677 g/mol. The van der Waals surface area contributed by atoms with Gasteiger partial charge in [-0.05, 0) is 56.3 Å². The van der Waals surface area contributed by atoms with E-state index in [0.29, 0.717) is 44.6 Å². The molecule has 2 rings (SSSR count). The number of benzene rings is 1. The van der Waals surface area contributed by atoms with Crippen molar-refractivity contribution in [1.29, 1.82) is 0 Å². The van der Waals surface area contributed by atoms with Crippen LogP contribution < -0.4 is 10.6 Å². The number of nitrogens with one attached hydrogen (secondary N) is 2. The van der Waals surface area contributed by atoms with Crippen molar-refractivity contribution in [3.8, 4) is 24.2 Å². The molecule has 0 radical (unpaired) electrons. The number of nitrogens with zero attached hydrogens (tertiary/aromatic N) is 2. The minimum atomic E-state index is -1.20. The van der Waals surface area contributed by atoms with Crippen LogP contribution in [0.3, 0.4) is 0 Å². The van der Waals surface area contributed by atoms with Crippen LogP contribution in [0, 0.1) is 36.0 Å². The molecule has 9 nitrogen and oxygen atoms in total. The van der Waals surface area contributed by atoms with E-state index in [1.54, 1.807) is 11.9 Å². The van der Waals surface area contributed by atoms with Crippen molar-refractivity contribution in [2.75, 3.05) is 33.2 Å².